The second-order valence-corrected chi connectivity index (χ2v) is 6.82. The van der Waals surface area contributed by atoms with Gasteiger partial charge >= 0.3 is 0 Å². The highest BCUT2D eigenvalue weighted by Crippen LogP contribution is 2.30. The van der Waals surface area contributed by atoms with Crippen molar-refractivity contribution in [2.45, 2.75) is 11.9 Å². The molecule has 0 radical (unpaired) electrons. The number of anilines is 1. The Balaban J connectivity index is 1.72. The molecule has 0 bridgehead atoms. The van der Waals surface area contributed by atoms with Gasteiger partial charge in [-0.2, -0.15) is 0 Å². The monoisotopic (exact) mass is 375 g/mol. The van der Waals surface area contributed by atoms with Crippen molar-refractivity contribution in [2.75, 3.05) is 5.32 Å². The number of hydrogen-bond acceptors (Lipinski definition) is 6. The molecule has 6 nitrogen and oxygen atoms in total. The summed E-state index contributed by atoms with van der Waals surface area (Å²) in [6, 6.07) is 12.8. The summed E-state index contributed by atoms with van der Waals surface area (Å²) in [5, 5.41) is 13.3. The van der Waals surface area contributed by atoms with Crippen molar-refractivity contribution in [3.05, 3.63) is 64.7 Å². The van der Waals surface area contributed by atoms with E-state index in [1.807, 2.05) is 0 Å². The molecular formula is C17H12ClN2O4S-. The van der Waals surface area contributed by atoms with Crippen LogP contribution in [0.1, 0.15) is 15.9 Å². The number of halogens is 1. The molecule has 1 saturated heterocycles. The number of carboxylic acid groups (broad SMARTS) is 1. The van der Waals surface area contributed by atoms with Crippen LogP contribution in [0.4, 0.5) is 10.5 Å². The Labute approximate surface area is 152 Å². The first-order valence-electron chi connectivity index (χ1n) is 7.28. The highest BCUT2D eigenvalue weighted by atomic mass is 35.5. The van der Waals surface area contributed by atoms with Gasteiger partial charge in [-0.1, -0.05) is 29.8 Å². The fourth-order valence-corrected chi connectivity index (χ4v) is 3.39. The van der Waals surface area contributed by atoms with Gasteiger partial charge in [0.15, 0.2) is 5.37 Å². The van der Waals surface area contributed by atoms with Gasteiger partial charge in [-0.25, -0.2) is 0 Å². The minimum Gasteiger partial charge on any atom is -0.545 e. The van der Waals surface area contributed by atoms with Gasteiger partial charge in [0.1, 0.15) is 0 Å². The summed E-state index contributed by atoms with van der Waals surface area (Å²) in [6.45, 7) is 0.00455. The van der Waals surface area contributed by atoms with E-state index in [2.05, 4.69) is 5.32 Å². The molecule has 2 aromatic rings. The molecule has 1 aliphatic rings. The van der Waals surface area contributed by atoms with Gasteiger partial charge in [0.05, 0.1) is 12.5 Å². The second-order valence-electron chi connectivity index (χ2n) is 5.33. The van der Waals surface area contributed by atoms with Gasteiger partial charge in [0.2, 0.25) is 0 Å². The normalized spacial score (nSPS) is 17.0. The summed E-state index contributed by atoms with van der Waals surface area (Å²) in [7, 11) is 0. The van der Waals surface area contributed by atoms with Crippen molar-refractivity contribution < 1.29 is 19.5 Å². The average molecular weight is 376 g/mol. The molecule has 8 heteroatoms. The van der Waals surface area contributed by atoms with Gasteiger partial charge in [0, 0.05) is 10.7 Å². The van der Waals surface area contributed by atoms with E-state index in [1.54, 1.807) is 36.4 Å². The van der Waals surface area contributed by atoms with Gasteiger partial charge < -0.3 is 15.2 Å². The molecule has 0 unspecified atom stereocenters. The lowest BCUT2D eigenvalue weighted by atomic mass is 10.1. The number of carboxylic acids is 1. The van der Waals surface area contributed by atoms with Crippen LogP contribution in [0.25, 0.3) is 0 Å². The third-order valence-electron chi connectivity index (χ3n) is 3.57. The molecule has 2 amide bonds. The lowest BCUT2D eigenvalue weighted by molar-refractivity contribution is -0.255. The highest BCUT2D eigenvalue weighted by molar-refractivity contribution is 8.15. The minimum atomic E-state index is -1.31. The van der Waals surface area contributed by atoms with Crippen molar-refractivity contribution in [3.8, 4) is 0 Å². The quantitative estimate of drug-likeness (QED) is 0.862. The molecular weight excluding hydrogens is 364 g/mol. The van der Waals surface area contributed by atoms with Crippen LogP contribution < -0.4 is 10.4 Å². The number of nitrogens with one attached hydrogen (secondary N) is 1. The Hall–Kier alpha value is -2.51. The minimum absolute atomic E-state index is 0.0000808. The molecule has 0 saturated carbocycles. The van der Waals surface area contributed by atoms with Crippen molar-refractivity contribution in [1.29, 1.82) is 0 Å². The van der Waals surface area contributed by atoms with E-state index in [0.29, 0.717) is 16.3 Å². The van der Waals surface area contributed by atoms with Gasteiger partial charge in [-0.05, 0) is 53.2 Å². The molecule has 25 heavy (non-hydrogen) atoms. The highest BCUT2D eigenvalue weighted by Gasteiger charge is 2.39. The van der Waals surface area contributed by atoms with Crippen LogP contribution in [0.3, 0.4) is 0 Å². The van der Waals surface area contributed by atoms with Crippen LogP contribution in [-0.4, -0.2) is 27.4 Å². The van der Waals surface area contributed by atoms with Crippen LogP contribution >= 0.6 is 23.4 Å². The predicted octanol–water partition coefficient (Wildman–Crippen LogP) is 2.34. The summed E-state index contributed by atoms with van der Waals surface area (Å²) in [4.78, 5) is 36.6. The number of benzene rings is 2. The summed E-state index contributed by atoms with van der Waals surface area (Å²) >= 11 is 6.70. The zero-order chi connectivity index (χ0) is 18.0. The molecule has 3 rings (SSSR count). The topological polar surface area (TPSA) is 89.5 Å². The second kappa shape index (κ2) is 7.16. The smallest absolute Gasteiger partial charge is 0.291 e. The fourth-order valence-electron chi connectivity index (χ4n) is 2.36. The van der Waals surface area contributed by atoms with E-state index >= 15 is 0 Å². The van der Waals surface area contributed by atoms with Crippen molar-refractivity contribution in [1.82, 2.24) is 4.90 Å². The third kappa shape index (κ3) is 3.94. The van der Waals surface area contributed by atoms with E-state index in [4.69, 9.17) is 11.6 Å². The molecule has 0 aliphatic carbocycles. The molecule has 1 aliphatic heterocycles. The van der Waals surface area contributed by atoms with E-state index in [-0.39, 0.29) is 18.0 Å². The van der Waals surface area contributed by atoms with Gasteiger partial charge in [0.25, 0.3) is 11.1 Å². The summed E-state index contributed by atoms with van der Waals surface area (Å²) in [5.74, 6) is -1.69. The average Bonchev–Trinajstić information content (AvgIpc) is 2.85. The molecule has 128 valence electrons. The van der Waals surface area contributed by atoms with Crippen LogP contribution in [0, 0.1) is 0 Å². The molecule has 0 aromatic heterocycles. The van der Waals surface area contributed by atoms with Crippen molar-refractivity contribution in [2.24, 2.45) is 0 Å². The molecule has 1 N–H and O–H groups in total. The zero-order valence-electron chi connectivity index (χ0n) is 12.8. The number of nitrogens with zero attached hydrogens (tertiary/aromatic N) is 1. The molecule has 2 aromatic carbocycles. The Morgan fingerprint density at radius 3 is 2.60 bits per heavy atom. The maximum Gasteiger partial charge on any atom is 0.291 e. The number of thioether (sulfide) groups is 1. The summed E-state index contributed by atoms with van der Waals surface area (Å²) in [6.07, 6.45) is 0. The standard InChI is InChI=1S/C17H13ClN2O4S/c18-12-4-6-13(7-5-12)19-14-15(21)20(17(24)25-14)9-10-2-1-3-11(8-10)16(22)23/h1-8,14,19H,9H2,(H,22,23)/p-1/t14-/m1/s1. The zero-order valence-corrected chi connectivity index (χ0v) is 14.3. The van der Waals surface area contributed by atoms with Gasteiger partial charge in [-0.15, -0.1) is 0 Å². The first-order chi connectivity index (χ1) is 11.9. The fraction of sp³-hybridized carbons (Fsp3) is 0.118. The Morgan fingerprint density at radius 1 is 1.20 bits per heavy atom. The maximum atomic E-state index is 12.5. The summed E-state index contributed by atoms with van der Waals surface area (Å²) in [5.41, 5.74) is 1.21. The van der Waals surface area contributed by atoms with E-state index < -0.39 is 16.6 Å². The van der Waals surface area contributed by atoms with Crippen LogP contribution in [-0.2, 0) is 11.3 Å². The SMILES string of the molecule is O=C([O-])c1cccc(CN2C(=O)S[C@@H](Nc3ccc(Cl)cc3)C2=O)c1. The number of aromatic carboxylic acids is 1. The van der Waals surface area contributed by atoms with E-state index in [0.717, 1.165) is 16.7 Å². The third-order valence-corrected chi connectivity index (χ3v) is 4.80. The molecule has 1 fully saturated rings. The van der Waals surface area contributed by atoms with Crippen LogP contribution in [0.5, 0.6) is 0 Å². The first-order valence-corrected chi connectivity index (χ1v) is 8.54. The Kier molecular flexibility index (Phi) is 4.96. The van der Waals surface area contributed by atoms with E-state index in [9.17, 15) is 19.5 Å². The number of carbonyl (C=O) groups excluding carboxylic acids is 3. The Morgan fingerprint density at radius 2 is 1.92 bits per heavy atom. The number of rotatable bonds is 5. The number of hydrogen-bond donors (Lipinski definition) is 1. The largest absolute Gasteiger partial charge is 0.545 e. The number of imide groups is 1. The van der Waals surface area contributed by atoms with Crippen LogP contribution in [0.15, 0.2) is 48.5 Å². The van der Waals surface area contributed by atoms with Gasteiger partial charge in [-0.3, -0.25) is 14.5 Å². The summed E-state index contributed by atoms with van der Waals surface area (Å²) < 4.78 is 0. The maximum absolute atomic E-state index is 12.5. The van der Waals surface area contributed by atoms with E-state index in [1.165, 1.54) is 12.1 Å². The number of carbonyl (C=O) groups is 3. The first kappa shape index (κ1) is 17.3. The van der Waals surface area contributed by atoms with Crippen molar-refractivity contribution in [3.63, 3.8) is 0 Å². The molecule has 1 atom stereocenters. The van der Waals surface area contributed by atoms with Crippen LogP contribution in [0.2, 0.25) is 5.02 Å². The predicted molar refractivity (Wildman–Crippen MR) is 93.2 cm³/mol. The lowest BCUT2D eigenvalue weighted by Crippen LogP contribution is -2.34. The number of amides is 2. The lowest BCUT2D eigenvalue weighted by Gasteiger charge is -2.15. The molecule has 0 spiro atoms. The van der Waals surface area contributed by atoms with Crippen molar-refractivity contribution >= 4 is 46.2 Å². The Bertz CT molecular complexity index is 841. The molecule has 1 heterocycles.